The summed E-state index contributed by atoms with van der Waals surface area (Å²) in [6, 6.07) is 5.86. The number of benzene rings is 1. The van der Waals surface area contributed by atoms with Crippen molar-refractivity contribution in [2.24, 2.45) is 11.7 Å². The van der Waals surface area contributed by atoms with Crippen LogP contribution in [0.1, 0.15) is 37.8 Å². The third-order valence-electron chi connectivity index (χ3n) is 2.94. The first-order valence-electron chi connectivity index (χ1n) is 7.11. The second-order valence-corrected chi connectivity index (χ2v) is 5.12. The van der Waals surface area contributed by atoms with Crippen LogP contribution in [0.25, 0.3) is 0 Å². The van der Waals surface area contributed by atoms with E-state index in [0.717, 1.165) is 35.8 Å². The number of ether oxygens (including phenoxy) is 2. The SMILES string of the molecule is COc1ccc(C#CCN)cc1COCCCC(C)C. The van der Waals surface area contributed by atoms with Crippen molar-refractivity contribution < 1.29 is 9.47 Å². The minimum atomic E-state index is 0.368. The summed E-state index contributed by atoms with van der Waals surface area (Å²) >= 11 is 0. The Kier molecular flexibility index (Phi) is 7.79. The van der Waals surface area contributed by atoms with E-state index in [1.807, 2.05) is 18.2 Å². The topological polar surface area (TPSA) is 44.5 Å². The Morgan fingerprint density at radius 3 is 2.75 bits per heavy atom. The Morgan fingerprint density at radius 1 is 1.30 bits per heavy atom. The molecule has 1 aromatic carbocycles. The zero-order valence-corrected chi connectivity index (χ0v) is 12.7. The molecule has 20 heavy (non-hydrogen) atoms. The Labute approximate surface area is 122 Å². The number of nitrogens with two attached hydrogens (primary N) is 1. The largest absolute Gasteiger partial charge is 0.496 e. The van der Waals surface area contributed by atoms with Gasteiger partial charge in [0.2, 0.25) is 0 Å². The summed E-state index contributed by atoms with van der Waals surface area (Å²) in [4.78, 5) is 0. The van der Waals surface area contributed by atoms with Crippen molar-refractivity contribution >= 4 is 0 Å². The molecule has 2 N–H and O–H groups in total. The first-order valence-corrected chi connectivity index (χ1v) is 7.11. The maximum absolute atomic E-state index is 5.72. The Hall–Kier alpha value is -1.50. The normalized spacial score (nSPS) is 10.2. The smallest absolute Gasteiger partial charge is 0.124 e. The fourth-order valence-corrected chi connectivity index (χ4v) is 1.90. The summed E-state index contributed by atoms with van der Waals surface area (Å²) in [7, 11) is 1.67. The molecule has 0 heterocycles. The molecular weight excluding hydrogens is 250 g/mol. The van der Waals surface area contributed by atoms with E-state index < -0.39 is 0 Å². The molecule has 0 unspecified atom stereocenters. The van der Waals surface area contributed by atoms with E-state index in [4.69, 9.17) is 15.2 Å². The third-order valence-corrected chi connectivity index (χ3v) is 2.94. The third kappa shape index (κ3) is 6.10. The van der Waals surface area contributed by atoms with Crippen LogP contribution in [0.4, 0.5) is 0 Å². The van der Waals surface area contributed by atoms with E-state index >= 15 is 0 Å². The summed E-state index contributed by atoms with van der Waals surface area (Å²) in [5.41, 5.74) is 7.36. The minimum absolute atomic E-state index is 0.368. The molecular formula is C17H25NO2. The van der Waals surface area contributed by atoms with E-state index in [2.05, 4.69) is 25.7 Å². The molecule has 3 heteroatoms. The van der Waals surface area contributed by atoms with Crippen molar-refractivity contribution in [3.63, 3.8) is 0 Å². The van der Waals surface area contributed by atoms with E-state index in [0.29, 0.717) is 13.2 Å². The highest BCUT2D eigenvalue weighted by molar-refractivity contribution is 5.44. The highest BCUT2D eigenvalue weighted by atomic mass is 16.5. The maximum atomic E-state index is 5.72. The number of hydrogen-bond acceptors (Lipinski definition) is 3. The van der Waals surface area contributed by atoms with E-state index in [9.17, 15) is 0 Å². The van der Waals surface area contributed by atoms with Crippen LogP contribution in [-0.4, -0.2) is 20.3 Å². The highest BCUT2D eigenvalue weighted by Crippen LogP contribution is 2.20. The molecule has 0 aliphatic heterocycles. The van der Waals surface area contributed by atoms with E-state index in [1.54, 1.807) is 7.11 Å². The molecule has 0 spiro atoms. The highest BCUT2D eigenvalue weighted by Gasteiger charge is 2.04. The Morgan fingerprint density at radius 2 is 2.10 bits per heavy atom. The summed E-state index contributed by atoms with van der Waals surface area (Å²) < 4.78 is 11.1. The van der Waals surface area contributed by atoms with Crippen LogP contribution in [-0.2, 0) is 11.3 Å². The van der Waals surface area contributed by atoms with Crippen LogP contribution >= 0.6 is 0 Å². The second-order valence-electron chi connectivity index (χ2n) is 5.12. The summed E-state index contributed by atoms with van der Waals surface area (Å²) in [6.45, 7) is 6.15. The van der Waals surface area contributed by atoms with Crippen molar-refractivity contribution in [2.45, 2.75) is 33.3 Å². The molecule has 110 valence electrons. The minimum Gasteiger partial charge on any atom is -0.496 e. The summed E-state index contributed by atoms with van der Waals surface area (Å²) in [5.74, 6) is 7.45. The van der Waals surface area contributed by atoms with Crippen molar-refractivity contribution in [3.8, 4) is 17.6 Å². The molecule has 0 saturated heterocycles. The number of rotatable bonds is 7. The summed E-state index contributed by atoms with van der Waals surface area (Å²) in [5, 5.41) is 0. The summed E-state index contributed by atoms with van der Waals surface area (Å²) in [6.07, 6.45) is 2.28. The predicted molar refractivity (Wildman–Crippen MR) is 82.7 cm³/mol. The fraction of sp³-hybridized carbons (Fsp3) is 0.529. The molecule has 1 rings (SSSR count). The zero-order valence-electron chi connectivity index (χ0n) is 12.7. The van der Waals surface area contributed by atoms with Gasteiger partial charge in [-0.3, -0.25) is 0 Å². The van der Waals surface area contributed by atoms with Crippen molar-refractivity contribution in [2.75, 3.05) is 20.3 Å². The number of hydrogen-bond donors (Lipinski definition) is 1. The average molecular weight is 275 g/mol. The maximum Gasteiger partial charge on any atom is 0.124 e. The van der Waals surface area contributed by atoms with Gasteiger partial charge >= 0.3 is 0 Å². The zero-order chi connectivity index (χ0) is 14.8. The molecule has 0 bridgehead atoms. The lowest BCUT2D eigenvalue weighted by Gasteiger charge is -2.10. The first kappa shape index (κ1) is 16.6. The van der Waals surface area contributed by atoms with Gasteiger partial charge in [-0.05, 0) is 37.0 Å². The molecule has 0 aliphatic rings. The van der Waals surface area contributed by atoms with Gasteiger partial charge in [0.1, 0.15) is 5.75 Å². The van der Waals surface area contributed by atoms with Crippen LogP contribution in [0.3, 0.4) is 0 Å². The Bertz CT molecular complexity index is 458. The van der Waals surface area contributed by atoms with Gasteiger partial charge in [-0.2, -0.15) is 0 Å². The lowest BCUT2D eigenvalue weighted by molar-refractivity contribution is 0.113. The van der Waals surface area contributed by atoms with Crippen LogP contribution in [0.2, 0.25) is 0 Å². The standard InChI is InChI=1S/C17H25NO2/c1-14(2)6-5-11-20-13-16-12-15(7-4-10-18)8-9-17(16)19-3/h8-9,12,14H,5-6,10-11,13,18H2,1-3H3. The van der Waals surface area contributed by atoms with Crippen molar-refractivity contribution in [1.29, 1.82) is 0 Å². The molecule has 3 nitrogen and oxygen atoms in total. The van der Waals surface area contributed by atoms with Crippen LogP contribution in [0.15, 0.2) is 18.2 Å². The van der Waals surface area contributed by atoms with Crippen molar-refractivity contribution in [3.05, 3.63) is 29.3 Å². The molecule has 0 atom stereocenters. The van der Waals surface area contributed by atoms with Gasteiger partial charge in [-0.25, -0.2) is 0 Å². The molecule has 0 aliphatic carbocycles. The van der Waals surface area contributed by atoms with Gasteiger partial charge in [-0.1, -0.05) is 25.7 Å². The molecule has 1 aromatic rings. The molecule has 0 fully saturated rings. The molecule has 0 saturated carbocycles. The fourth-order valence-electron chi connectivity index (χ4n) is 1.90. The van der Waals surface area contributed by atoms with Crippen molar-refractivity contribution in [1.82, 2.24) is 0 Å². The van der Waals surface area contributed by atoms with E-state index in [1.165, 1.54) is 6.42 Å². The predicted octanol–water partition coefficient (Wildman–Crippen LogP) is 2.96. The van der Waals surface area contributed by atoms with Gasteiger partial charge < -0.3 is 15.2 Å². The first-order chi connectivity index (χ1) is 9.67. The van der Waals surface area contributed by atoms with Gasteiger partial charge in [-0.15, -0.1) is 0 Å². The van der Waals surface area contributed by atoms with Gasteiger partial charge in [0.15, 0.2) is 0 Å². The quantitative estimate of drug-likeness (QED) is 0.614. The van der Waals surface area contributed by atoms with Crippen LogP contribution in [0.5, 0.6) is 5.75 Å². The number of methoxy groups -OCH3 is 1. The molecule has 0 amide bonds. The average Bonchev–Trinajstić information content (AvgIpc) is 2.44. The van der Waals surface area contributed by atoms with Gasteiger partial charge in [0.25, 0.3) is 0 Å². The van der Waals surface area contributed by atoms with E-state index in [-0.39, 0.29) is 0 Å². The van der Waals surface area contributed by atoms with Crippen LogP contribution < -0.4 is 10.5 Å². The molecule has 0 aromatic heterocycles. The van der Waals surface area contributed by atoms with Gasteiger partial charge in [0, 0.05) is 17.7 Å². The monoisotopic (exact) mass is 275 g/mol. The molecule has 0 radical (unpaired) electrons. The lowest BCUT2D eigenvalue weighted by atomic mass is 10.1. The second kappa shape index (κ2) is 9.41. The Balaban J connectivity index is 2.57. The van der Waals surface area contributed by atoms with Gasteiger partial charge in [0.05, 0.1) is 20.3 Å². The van der Waals surface area contributed by atoms with Crippen LogP contribution in [0, 0.1) is 17.8 Å². The lowest BCUT2D eigenvalue weighted by Crippen LogP contribution is -2.00.